The number of aromatic nitrogens is 2. The van der Waals surface area contributed by atoms with Crippen LogP contribution in [0, 0.1) is 5.21 Å². The summed E-state index contributed by atoms with van der Waals surface area (Å²) < 4.78 is 0.773. The Morgan fingerprint density at radius 2 is 1.50 bits per heavy atom. The lowest BCUT2D eigenvalue weighted by atomic mass is 10.1. The van der Waals surface area contributed by atoms with E-state index in [4.69, 9.17) is 0 Å². The Kier molecular flexibility index (Phi) is 3.85. The molecule has 0 radical (unpaired) electrons. The van der Waals surface area contributed by atoms with Gasteiger partial charge in [0.2, 0.25) is 11.4 Å². The van der Waals surface area contributed by atoms with Crippen LogP contribution in [0.3, 0.4) is 0 Å². The predicted octanol–water partition coefficient (Wildman–Crippen LogP) is 3.10. The Bertz CT molecular complexity index is 772. The van der Waals surface area contributed by atoms with Gasteiger partial charge < -0.3 is 10.3 Å². The maximum Gasteiger partial charge on any atom is 0.248 e. The molecule has 2 aromatic carbocycles. The number of aliphatic hydroxyl groups is 1. The predicted molar refractivity (Wildman–Crippen MR) is 84.7 cm³/mol. The van der Waals surface area contributed by atoms with Crippen molar-refractivity contribution >= 4 is 0 Å². The average Bonchev–Trinajstić information content (AvgIpc) is 2.55. The van der Waals surface area contributed by atoms with Crippen LogP contribution in [-0.4, -0.2) is 10.1 Å². The summed E-state index contributed by atoms with van der Waals surface area (Å²) in [7, 11) is 0. The van der Waals surface area contributed by atoms with E-state index in [0.29, 0.717) is 11.4 Å². The van der Waals surface area contributed by atoms with Gasteiger partial charge >= 0.3 is 0 Å². The molecule has 0 saturated carbocycles. The smallest absolute Gasteiger partial charge is 0.248 e. The van der Waals surface area contributed by atoms with Crippen LogP contribution in [0.1, 0.15) is 18.7 Å². The molecule has 0 bridgehead atoms. The van der Waals surface area contributed by atoms with E-state index in [-0.39, 0.29) is 5.69 Å². The maximum absolute atomic E-state index is 12.7. The molecule has 0 spiro atoms. The summed E-state index contributed by atoms with van der Waals surface area (Å²) in [5.41, 5.74) is 2.77. The third-order valence-electron chi connectivity index (χ3n) is 3.51. The first-order valence-corrected chi connectivity index (χ1v) is 7.10. The van der Waals surface area contributed by atoms with Crippen molar-refractivity contribution in [2.45, 2.75) is 13.0 Å². The highest BCUT2D eigenvalue weighted by Gasteiger charge is 2.24. The second-order valence-electron chi connectivity index (χ2n) is 5.08. The van der Waals surface area contributed by atoms with Crippen molar-refractivity contribution < 1.29 is 9.84 Å². The molecule has 0 saturated heterocycles. The molecule has 22 heavy (non-hydrogen) atoms. The quantitative estimate of drug-likeness (QED) is 0.596. The fourth-order valence-corrected chi connectivity index (χ4v) is 2.46. The summed E-state index contributed by atoms with van der Waals surface area (Å²) in [6.45, 7) is 1.58. The largest absolute Gasteiger partial charge is 0.618 e. The van der Waals surface area contributed by atoms with Gasteiger partial charge in [0.1, 0.15) is 18.0 Å². The monoisotopic (exact) mass is 292 g/mol. The van der Waals surface area contributed by atoms with Crippen molar-refractivity contribution in [3.05, 3.63) is 77.8 Å². The van der Waals surface area contributed by atoms with Gasteiger partial charge in [0.25, 0.3) is 0 Å². The molecule has 0 aliphatic rings. The van der Waals surface area contributed by atoms with Crippen LogP contribution in [0.15, 0.2) is 66.9 Å². The van der Waals surface area contributed by atoms with Gasteiger partial charge in [-0.1, -0.05) is 48.5 Å². The molecular formula is C18H16N2O2. The van der Waals surface area contributed by atoms with Crippen molar-refractivity contribution in [1.82, 2.24) is 4.98 Å². The van der Waals surface area contributed by atoms with E-state index in [9.17, 15) is 10.3 Å². The standard InChI is InChI=1S/C18H16N2O2/c1-13(21)18-17(15-10-6-3-7-11-15)19-12-16(20(18)22)14-8-4-2-5-9-14/h2-13,21H,1H3. The van der Waals surface area contributed by atoms with Crippen LogP contribution in [0.5, 0.6) is 0 Å². The normalized spacial score (nSPS) is 12.1. The number of hydrogen-bond acceptors (Lipinski definition) is 3. The minimum atomic E-state index is -0.913. The van der Waals surface area contributed by atoms with E-state index < -0.39 is 6.10 Å². The first-order valence-electron chi connectivity index (χ1n) is 7.10. The number of nitrogens with zero attached hydrogens (tertiary/aromatic N) is 2. The molecule has 0 amide bonds. The highest BCUT2D eigenvalue weighted by molar-refractivity contribution is 5.63. The van der Waals surface area contributed by atoms with E-state index >= 15 is 0 Å². The maximum atomic E-state index is 12.7. The Hall–Kier alpha value is -2.72. The van der Waals surface area contributed by atoms with Crippen LogP contribution < -0.4 is 4.73 Å². The van der Waals surface area contributed by atoms with E-state index in [1.165, 1.54) is 0 Å². The summed E-state index contributed by atoms with van der Waals surface area (Å²) in [5.74, 6) is 0. The Balaban J connectivity index is 2.21. The SMILES string of the molecule is CC(O)c1c(-c2ccccc2)ncc(-c2ccccc2)[n+]1[O-]. The Labute approximate surface area is 128 Å². The fourth-order valence-electron chi connectivity index (χ4n) is 2.46. The van der Waals surface area contributed by atoms with Crippen LogP contribution in [0.25, 0.3) is 22.5 Å². The Morgan fingerprint density at radius 1 is 0.955 bits per heavy atom. The number of hydrogen-bond donors (Lipinski definition) is 1. The van der Waals surface area contributed by atoms with Gasteiger partial charge in [-0.3, -0.25) is 0 Å². The molecule has 0 fully saturated rings. The third-order valence-corrected chi connectivity index (χ3v) is 3.51. The topological polar surface area (TPSA) is 60.1 Å². The molecule has 4 heteroatoms. The Morgan fingerprint density at radius 3 is 2.05 bits per heavy atom. The fraction of sp³-hybridized carbons (Fsp3) is 0.111. The van der Waals surface area contributed by atoms with Crippen molar-refractivity contribution in [2.24, 2.45) is 0 Å². The van der Waals surface area contributed by atoms with Crippen LogP contribution in [0.2, 0.25) is 0 Å². The van der Waals surface area contributed by atoms with E-state index in [1.807, 2.05) is 60.7 Å². The van der Waals surface area contributed by atoms with Gasteiger partial charge in [-0.25, -0.2) is 4.98 Å². The van der Waals surface area contributed by atoms with Crippen LogP contribution in [-0.2, 0) is 0 Å². The molecule has 0 aliphatic heterocycles. The molecule has 3 aromatic rings. The molecule has 110 valence electrons. The van der Waals surface area contributed by atoms with Crippen molar-refractivity contribution in [2.75, 3.05) is 0 Å². The van der Waals surface area contributed by atoms with Crippen molar-refractivity contribution in [3.8, 4) is 22.5 Å². The number of rotatable bonds is 3. The van der Waals surface area contributed by atoms with Gasteiger partial charge in [-0.2, -0.15) is 4.73 Å². The molecule has 1 N–H and O–H groups in total. The zero-order valence-corrected chi connectivity index (χ0v) is 12.2. The lowest BCUT2D eigenvalue weighted by molar-refractivity contribution is -0.606. The highest BCUT2D eigenvalue weighted by Crippen LogP contribution is 2.26. The van der Waals surface area contributed by atoms with E-state index in [0.717, 1.165) is 15.9 Å². The third kappa shape index (κ3) is 2.56. The van der Waals surface area contributed by atoms with Crippen LogP contribution in [0.4, 0.5) is 0 Å². The lowest BCUT2D eigenvalue weighted by Crippen LogP contribution is -2.37. The minimum absolute atomic E-state index is 0.257. The second kappa shape index (κ2) is 5.95. The summed E-state index contributed by atoms with van der Waals surface area (Å²) >= 11 is 0. The summed E-state index contributed by atoms with van der Waals surface area (Å²) in [6, 6.07) is 18.7. The van der Waals surface area contributed by atoms with Gasteiger partial charge in [0.15, 0.2) is 0 Å². The molecule has 0 aliphatic carbocycles. The van der Waals surface area contributed by atoms with Crippen LogP contribution >= 0.6 is 0 Å². The second-order valence-corrected chi connectivity index (χ2v) is 5.08. The molecular weight excluding hydrogens is 276 g/mol. The highest BCUT2D eigenvalue weighted by atomic mass is 16.5. The zero-order valence-electron chi connectivity index (χ0n) is 12.2. The van der Waals surface area contributed by atoms with E-state index in [1.54, 1.807) is 13.1 Å². The van der Waals surface area contributed by atoms with Gasteiger partial charge in [-0.05, 0) is 19.1 Å². The molecule has 3 rings (SSSR count). The first-order chi connectivity index (χ1) is 10.7. The average molecular weight is 292 g/mol. The zero-order chi connectivity index (χ0) is 15.5. The van der Waals surface area contributed by atoms with E-state index in [2.05, 4.69) is 4.98 Å². The molecule has 1 unspecified atom stereocenters. The molecule has 1 heterocycles. The first kappa shape index (κ1) is 14.2. The van der Waals surface area contributed by atoms with Crippen molar-refractivity contribution in [3.63, 3.8) is 0 Å². The number of benzene rings is 2. The molecule has 1 atom stereocenters. The summed E-state index contributed by atoms with van der Waals surface area (Å²) in [4.78, 5) is 4.43. The molecule has 1 aromatic heterocycles. The molecule has 4 nitrogen and oxygen atoms in total. The van der Waals surface area contributed by atoms with Gasteiger partial charge in [0.05, 0.1) is 0 Å². The minimum Gasteiger partial charge on any atom is -0.618 e. The van der Waals surface area contributed by atoms with Crippen molar-refractivity contribution in [1.29, 1.82) is 0 Å². The lowest BCUT2D eigenvalue weighted by Gasteiger charge is -2.14. The summed E-state index contributed by atoms with van der Waals surface area (Å²) in [5, 5.41) is 22.8. The van der Waals surface area contributed by atoms with Gasteiger partial charge in [0, 0.05) is 11.1 Å². The van der Waals surface area contributed by atoms with Gasteiger partial charge in [-0.15, -0.1) is 0 Å². The number of aliphatic hydroxyl groups excluding tert-OH is 1. The summed E-state index contributed by atoms with van der Waals surface area (Å²) in [6.07, 6.45) is 0.639.